The number of nitrogens with one attached hydrogen (secondary N) is 2. The topological polar surface area (TPSA) is 75.9 Å². The Balaban J connectivity index is 2.24. The predicted molar refractivity (Wildman–Crippen MR) is 56.1 cm³/mol. The van der Waals surface area contributed by atoms with Crippen molar-refractivity contribution in [2.45, 2.75) is 31.5 Å². The molecule has 17 heavy (non-hydrogen) atoms. The molecule has 0 amide bonds. The molecule has 1 saturated carbocycles. The number of hydrogen-bond acceptors (Lipinski definition) is 5. The van der Waals surface area contributed by atoms with Crippen LogP contribution in [0.5, 0.6) is 0 Å². The summed E-state index contributed by atoms with van der Waals surface area (Å²) >= 11 is 0. The quantitative estimate of drug-likeness (QED) is 0.560. The van der Waals surface area contributed by atoms with Gasteiger partial charge in [0.05, 0.1) is 0 Å². The van der Waals surface area contributed by atoms with Gasteiger partial charge in [-0.3, -0.25) is 0 Å². The Morgan fingerprint density at radius 1 is 1.24 bits per heavy atom. The number of hydrazine groups is 1. The zero-order valence-corrected chi connectivity index (χ0v) is 8.88. The van der Waals surface area contributed by atoms with E-state index in [1.807, 2.05) is 0 Å². The Bertz CT molecular complexity index is 402. The highest BCUT2D eigenvalue weighted by atomic mass is 19.4. The van der Waals surface area contributed by atoms with E-state index in [-0.39, 0.29) is 17.7 Å². The number of rotatable bonds is 3. The largest absolute Gasteiger partial charge is 0.451 e. The van der Waals surface area contributed by atoms with Crippen LogP contribution in [0.4, 0.5) is 24.8 Å². The van der Waals surface area contributed by atoms with Crippen LogP contribution in [0.3, 0.4) is 0 Å². The number of aromatic nitrogens is 2. The van der Waals surface area contributed by atoms with Crippen LogP contribution in [-0.2, 0) is 6.18 Å². The molecule has 2 rings (SSSR count). The van der Waals surface area contributed by atoms with E-state index in [0.29, 0.717) is 0 Å². The summed E-state index contributed by atoms with van der Waals surface area (Å²) in [5.74, 6) is 3.96. The van der Waals surface area contributed by atoms with Crippen molar-refractivity contribution in [3.05, 3.63) is 11.9 Å². The maximum Gasteiger partial charge on any atom is 0.451 e. The Morgan fingerprint density at radius 2 is 1.88 bits per heavy atom. The van der Waals surface area contributed by atoms with E-state index in [4.69, 9.17) is 5.84 Å². The summed E-state index contributed by atoms with van der Waals surface area (Å²) in [6, 6.07) is 1.55. The molecular weight excluding hydrogens is 235 g/mol. The highest BCUT2D eigenvalue weighted by Crippen LogP contribution is 2.29. The second-order valence-corrected chi connectivity index (χ2v) is 3.88. The fourth-order valence-electron chi connectivity index (χ4n) is 1.48. The standard InChI is InChI=1S/C9H12F3N5/c10-9(11,12)8-15-6(4-7(16-8)17-13)14-5-2-1-3-5/h4-5H,1-3,13H2,(H2,14,15,16,17). The van der Waals surface area contributed by atoms with Gasteiger partial charge in [0.2, 0.25) is 5.82 Å². The van der Waals surface area contributed by atoms with E-state index in [9.17, 15) is 13.2 Å². The lowest BCUT2D eigenvalue weighted by Crippen LogP contribution is -2.28. The van der Waals surface area contributed by atoms with Crippen LogP contribution in [-0.4, -0.2) is 16.0 Å². The van der Waals surface area contributed by atoms with E-state index in [2.05, 4.69) is 20.7 Å². The highest BCUT2D eigenvalue weighted by molar-refractivity contribution is 5.47. The first-order valence-corrected chi connectivity index (χ1v) is 5.18. The summed E-state index contributed by atoms with van der Waals surface area (Å²) in [6.07, 6.45) is -1.62. The van der Waals surface area contributed by atoms with Gasteiger partial charge >= 0.3 is 6.18 Å². The van der Waals surface area contributed by atoms with Crippen LogP contribution in [0.2, 0.25) is 0 Å². The van der Waals surface area contributed by atoms with Crippen LogP contribution < -0.4 is 16.6 Å². The summed E-state index contributed by atoms with van der Waals surface area (Å²) in [5, 5.41) is 2.92. The lowest BCUT2D eigenvalue weighted by Gasteiger charge is -2.27. The van der Waals surface area contributed by atoms with Crippen molar-refractivity contribution < 1.29 is 13.2 Å². The minimum absolute atomic E-state index is 0.0610. The van der Waals surface area contributed by atoms with Crippen molar-refractivity contribution in [1.82, 2.24) is 9.97 Å². The van der Waals surface area contributed by atoms with Gasteiger partial charge in [-0.1, -0.05) is 0 Å². The summed E-state index contributed by atoms with van der Waals surface area (Å²) < 4.78 is 37.5. The molecule has 0 spiro atoms. The fraction of sp³-hybridized carbons (Fsp3) is 0.556. The van der Waals surface area contributed by atoms with E-state index in [0.717, 1.165) is 19.3 Å². The van der Waals surface area contributed by atoms with Gasteiger partial charge in [-0.05, 0) is 19.3 Å². The first-order valence-electron chi connectivity index (χ1n) is 5.18. The normalized spacial score (nSPS) is 16.5. The van der Waals surface area contributed by atoms with Crippen LogP contribution in [0.1, 0.15) is 25.1 Å². The Labute approximate surface area is 95.6 Å². The van der Waals surface area contributed by atoms with Crippen LogP contribution in [0.25, 0.3) is 0 Å². The summed E-state index contributed by atoms with van der Waals surface area (Å²) in [7, 11) is 0. The Hall–Kier alpha value is -1.57. The molecular formula is C9H12F3N5. The van der Waals surface area contributed by atoms with E-state index >= 15 is 0 Å². The Morgan fingerprint density at radius 3 is 2.35 bits per heavy atom. The molecule has 1 aromatic heterocycles. The maximum atomic E-state index is 12.5. The number of nitrogens with two attached hydrogens (primary N) is 1. The molecule has 5 nitrogen and oxygen atoms in total. The van der Waals surface area contributed by atoms with Gasteiger partial charge in [0.25, 0.3) is 0 Å². The maximum absolute atomic E-state index is 12.5. The average Bonchev–Trinajstić information content (AvgIpc) is 2.22. The minimum Gasteiger partial charge on any atom is -0.367 e. The first kappa shape index (κ1) is 11.9. The average molecular weight is 247 g/mol. The van der Waals surface area contributed by atoms with Crippen molar-refractivity contribution in [3.63, 3.8) is 0 Å². The number of nitrogens with zero attached hydrogens (tertiary/aromatic N) is 2. The molecule has 0 aliphatic heterocycles. The van der Waals surface area contributed by atoms with Gasteiger partial charge in [0.1, 0.15) is 11.6 Å². The molecule has 0 unspecified atom stereocenters. The van der Waals surface area contributed by atoms with Crippen molar-refractivity contribution in [2.24, 2.45) is 5.84 Å². The third-order valence-corrected chi connectivity index (χ3v) is 2.58. The van der Waals surface area contributed by atoms with Gasteiger partial charge in [0.15, 0.2) is 0 Å². The van der Waals surface area contributed by atoms with Crippen LogP contribution in [0.15, 0.2) is 6.07 Å². The van der Waals surface area contributed by atoms with E-state index in [1.165, 1.54) is 6.07 Å². The van der Waals surface area contributed by atoms with Crippen LogP contribution >= 0.6 is 0 Å². The molecule has 1 fully saturated rings. The molecule has 1 aliphatic carbocycles. The number of alkyl halides is 3. The number of hydrogen-bond donors (Lipinski definition) is 3. The van der Waals surface area contributed by atoms with Crippen molar-refractivity contribution in [2.75, 3.05) is 10.7 Å². The molecule has 0 radical (unpaired) electrons. The highest BCUT2D eigenvalue weighted by Gasteiger charge is 2.35. The molecule has 0 atom stereocenters. The third kappa shape index (κ3) is 2.76. The third-order valence-electron chi connectivity index (χ3n) is 2.58. The van der Waals surface area contributed by atoms with Gasteiger partial charge in [-0.15, -0.1) is 0 Å². The van der Waals surface area contributed by atoms with Crippen molar-refractivity contribution >= 4 is 11.6 Å². The van der Waals surface area contributed by atoms with Gasteiger partial charge in [-0.2, -0.15) is 13.2 Å². The molecule has 0 aromatic carbocycles. The Kier molecular flexibility index (Phi) is 3.05. The second-order valence-electron chi connectivity index (χ2n) is 3.88. The van der Waals surface area contributed by atoms with Gasteiger partial charge in [0, 0.05) is 12.1 Å². The lowest BCUT2D eigenvalue weighted by atomic mass is 9.93. The number of anilines is 2. The second kappa shape index (κ2) is 4.36. The molecule has 1 aliphatic rings. The lowest BCUT2D eigenvalue weighted by molar-refractivity contribution is -0.144. The zero-order valence-electron chi connectivity index (χ0n) is 8.88. The monoisotopic (exact) mass is 247 g/mol. The number of halogens is 3. The molecule has 4 N–H and O–H groups in total. The molecule has 1 aromatic rings. The zero-order chi connectivity index (χ0) is 12.5. The van der Waals surface area contributed by atoms with E-state index < -0.39 is 12.0 Å². The van der Waals surface area contributed by atoms with Crippen LogP contribution in [0, 0.1) is 0 Å². The molecule has 0 saturated heterocycles. The molecule has 94 valence electrons. The van der Waals surface area contributed by atoms with Crippen molar-refractivity contribution in [1.29, 1.82) is 0 Å². The molecule has 0 bridgehead atoms. The SMILES string of the molecule is NNc1cc(NC2CCC2)nc(C(F)(F)F)n1. The number of nitrogen functional groups attached to an aromatic ring is 1. The smallest absolute Gasteiger partial charge is 0.367 e. The first-order chi connectivity index (χ1) is 7.99. The minimum atomic E-state index is -4.58. The summed E-state index contributed by atoms with van der Waals surface area (Å²) in [6.45, 7) is 0. The molecule has 1 heterocycles. The fourth-order valence-corrected chi connectivity index (χ4v) is 1.48. The molecule has 8 heteroatoms. The predicted octanol–water partition coefficient (Wildman–Crippen LogP) is 1.75. The van der Waals surface area contributed by atoms with E-state index in [1.54, 1.807) is 0 Å². The summed E-state index contributed by atoms with van der Waals surface area (Å²) in [5.41, 5.74) is 2.10. The van der Waals surface area contributed by atoms with Gasteiger partial charge < -0.3 is 10.7 Å². The van der Waals surface area contributed by atoms with Gasteiger partial charge in [-0.25, -0.2) is 15.8 Å². The van der Waals surface area contributed by atoms with Crippen molar-refractivity contribution in [3.8, 4) is 0 Å². The summed E-state index contributed by atoms with van der Waals surface area (Å²) in [4.78, 5) is 6.69.